The summed E-state index contributed by atoms with van der Waals surface area (Å²) in [4.78, 5) is 12.4. The summed E-state index contributed by atoms with van der Waals surface area (Å²) in [5, 5.41) is 8.51. The van der Waals surface area contributed by atoms with E-state index in [1.807, 2.05) is 19.4 Å². The van der Waals surface area contributed by atoms with Gasteiger partial charge in [-0.3, -0.25) is 9.48 Å². The van der Waals surface area contributed by atoms with Crippen molar-refractivity contribution in [2.75, 3.05) is 12.5 Å². The van der Waals surface area contributed by atoms with Gasteiger partial charge in [0.15, 0.2) is 0 Å². The fourth-order valence-corrected chi connectivity index (χ4v) is 4.20. The van der Waals surface area contributed by atoms with Crippen molar-refractivity contribution in [1.29, 1.82) is 0 Å². The van der Waals surface area contributed by atoms with Gasteiger partial charge in [-0.15, -0.1) is 23.5 Å². The molecule has 0 aliphatic carbocycles. The molecular weight excluding hydrogens is 348 g/mol. The molecule has 0 saturated heterocycles. The Balaban J connectivity index is 2.11. The fraction of sp³-hybridized carbons (Fsp3) is 0.417. The average Bonchev–Trinajstić information content (AvgIpc) is 3.07. The van der Waals surface area contributed by atoms with Crippen LogP contribution in [0.3, 0.4) is 0 Å². The topological polar surface area (TPSA) is 59.8 Å². The van der Waals surface area contributed by atoms with E-state index in [-0.39, 0.29) is 5.91 Å². The minimum absolute atomic E-state index is 0.139. The minimum atomic E-state index is -0.139. The van der Waals surface area contributed by atoms with E-state index in [9.17, 15) is 4.79 Å². The number of thioether (sulfide) groups is 2. The molecule has 0 spiro atoms. The molecule has 9 heteroatoms. The molecule has 2 rings (SSSR count). The van der Waals surface area contributed by atoms with Gasteiger partial charge in [0.1, 0.15) is 10.7 Å². The van der Waals surface area contributed by atoms with Gasteiger partial charge in [-0.05, 0) is 31.0 Å². The second kappa shape index (κ2) is 7.53. The molecule has 1 N–H and O–H groups in total. The highest BCUT2D eigenvalue weighted by molar-refractivity contribution is 8.01. The maximum Gasteiger partial charge on any atom is 0.256 e. The minimum Gasteiger partial charge on any atom is -0.346 e. The van der Waals surface area contributed by atoms with Crippen LogP contribution in [0.4, 0.5) is 0 Å². The molecule has 2 heterocycles. The van der Waals surface area contributed by atoms with Crippen LogP contribution in [0.2, 0.25) is 5.02 Å². The van der Waals surface area contributed by atoms with E-state index < -0.39 is 0 Å². The van der Waals surface area contributed by atoms with Gasteiger partial charge in [0, 0.05) is 12.7 Å². The van der Waals surface area contributed by atoms with Crippen molar-refractivity contribution >= 4 is 52.6 Å². The lowest BCUT2D eigenvalue weighted by Gasteiger charge is -2.05. The highest BCUT2D eigenvalue weighted by Crippen LogP contribution is 2.32. The maximum absolute atomic E-state index is 12.4. The summed E-state index contributed by atoms with van der Waals surface area (Å²) in [5.74, 6) is -0.139. The first-order chi connectivity index (χ1) is 10.1. The predicted octanol–water partition coefficient (Wildman–Crippen LogP) is 3.39. The molecule has 1 amide bonds. The normalized spacial score (nSPS) is 10.9. The number of aryl methyl sites for hydroxylation is 1. The quantitative estimate of drug-likeness (QED) is 0.798. The van der Waals surface area contributed by atoms with Gasteiger partial charge in [0.2, 0.25) is 0 Å². The molecule has 114 valence electrons. The lowest BCUT2D eigenvalue weighted by atomic mass is 10.3. The van der Waals surface area contributed by atoms with Crippen LogP contribution in [0, 0.1) is 0 Å². The summed E-state index contributed by atoms with van der Waals surface area (Å²) in [7, 11) is 0. The second-order valence-electron chi connectivity index (χ2n) is 4.02. The molecule has 21 heavy (non-hydrogen) atoms. The Hall–Kier alpha value is -0.700. The molecule has 5 nitrogen and oxygen atoms in total. The van der Waals surface area contributed by atoms with Crippen molar-refractivity contribution in [3.63, 3.8) is 0 Å². The van der Waals surface area contributed by atoms with Crippen LogP contribution in [0.25, 0.3) is 0 Å². The maximum atomic E-state index is 12.4. The Bertz CT molecular complexity index is 619. The summed E-state index contributed by atoms with van der Waals surface area (Å²) in [5.41, 5.74) is 1.32. The van der Waals surface area contributed by atoms with Crippen LogP contribution in [-0.2, 0) is 13.1 Å². The first-order valence-corrected chi connectivity index (χ1v) is 9.78. The number of aromatic nitrogens is 3. The summed E-state index contributed by atoms with van der Waals surface area (Å²) in [6.07, 6.45) is 5.61. The van der Waals surface area contributed by atoms with E-state index in [1.54, 1.807) is 10.9 Å². The summed E-state index contributed by atoms with van der Waals surface area (Å²) in [6.45, 7) is 3.04. The predicted molar refractivity (Wildman–Crippen MR) is 89.8 cm³/mol. The molecule has 2 aromatic heterocycles. The summed E-state index contributed by atoms with van der Waals surface area (Å²) >= 11 is 10.4. The Morgan fingerprint density at radius 2 is 2.24 bits per heavy atom. The van der Waals surface area contributed by atoms with Crippen molar-refractivity contribution in [2.24, 2.45) is 0 Å². The third-order valence-corrected chi connectivity index (χ3v) is 5.82. The zero-order valence-electron chi connectivity index (χ0n) is 11.8. The summed E-state index contributed by atoms with van der Waals surface area (Å²) in [6, 6.07) is 0. The fourth-order valence-electron chi connectivity index (χ4n) is 1.70. The first-order valence-electron chi connectivity index (χ1n) is 6.18. The van der Waals surface area contributed by atoms with Crippen LogP contribution in [0.15, 0.2) is 15.4 Å². The number of carbonyl (C=O) groups is 1. The third-order valence-electron chi connectivity index (χ3n) is 2.76. The van der Waals surface area contributed by atoms with E-state index in [4.69, 9.17) is 11.6 Å². The van der Waals surface area contributed by atoms with Crippen LogP contribution in [0.1, 0.15) is 23.0 Å². The van der Waals surface area contributed by atoms with Gasteiger partial charge in [0.25, 0.3) is 5.91 Å². The Morgan fingerprint density at radius 1 is 1.48 bits per heavy atom. The molecule has 0 bridgehead atoms. The van der Waals surface area contributed by atoms with Gasteiger partial charge >= 0.3 is 0 Å². The lowest BCUT2D eigenvalue weighted by Crippen LogP contribution is -2.24. The Kier molecular flexibility index (Phi) is 5.98. The van der Waals surface area contributed by atoms with Crippen molar-refractivity contribution in [3.8, 4) is 0 Å². The van der Waals surface area contributed by atoms with Crippen molar-refractivity contribution < 1.29 is 4.79 Å². The SMILES string of the molecule is CCn1cc(Cl)c(CNC(=O)c2c(SC)nsc2SC)n1. The number of rotatable bonds is 6. The number of nitrogens with one attached hydrogen (secondary N) is 1. The molecule has 0 radical (unpaired) electrons. The van der Waals surface area contributed by atoms with Crippen LogP contribution in [0.5, 0.6) is 0 Å². The summed E-state index contributed by atoms with van der Waals surface area (Å²) < 4.78 is 6.96. The van der Waals surface area contributed by atoms with Gasteiger partial charge < -0.3 is 5.32 Å². The molecule has 2 aromatic rings. The van der Waals surface area contributed by atoms with E-state index in [0.717, 1.165) is 15.8 Å². The van der Waals surface area contributed by atoms with Crippen molar-refractivity contribution in [3.05, 3.63) is 22.5 Å². The van der Waals surface area contributed by atoms with Crippen LogP contribution >= 0.6 is 46.7 Å². The van der Waals surface area contributed by atoms with Crippen LogP contribution < -0.4 is 5.32 Å². The zero-order chi connectivity index (χ0) is 15.4. The Morgan fingerprint density at radius 3 is 2.81 bits per heavy atom. The number of nitrogens with zero attached hydrogens (tertiary/aromatic N) is 3. The van der Waals surface area contributed by atoms with E-state index in [1.165, 1.54) is 35.1 Å². The smallest absolute Gasteiger partial charge is 0.256 e. The molecular formula is C12H15ClN4OS3. The monoisotopic (exact) mass is 362 g/mol. The number of hydrogen-bond acceptors (Lipinski definition) is 6. The first kappa shape index (κ1) is 16.7. The van der Waals surface area contributed by atoms with Crippen LogP contribution in [-0.4, -0.2) is 32.6 Å². The molecule has 0 atom stereocenters. The van der Waals surface area contributed by atoms with Gasteiger partial charge in [-0.25, -0.2) is 0 Å². The zero-order valence-corrected chi connectivity index (χ0v) is 15.0. The van der Waals surface area contributed by atoms with Gasteiger partial charge in [-0.2, -0.15) is 9.47 Å². The van der Waals surface area contributed by atoms with Gasteiger partial charge in [0.05, 0.1) is 21.3 Å². The molecule has 0 saturated carbocycles. The molecule has 0 aliphatic rings. The van der Waals surface area contributed by atoms with Crippen molar-refractivity contribution in [2.45, 2.75) is 29.2 Å². The third kappa shape index (κ3) is 3.74. The second-order valence-corrected chi connectivity index (χ2v) is 7.07. The van der Waals surface area contributed by atoms with Gasteiger partial charge in [-0.1, -0.05) is 11.6 Å². The van der Waals surface area contributed by atoms with E-state index in [0.29, 0.717) is 22.8 Å². The van der Waals surface area contributed by atoms with Crippen molar-refractivity contribution in [1.82, 2.24) is 19.5 Å². The number of halogens is 1. The van der Waals surface area contributed by atoms with E-state index >= 15 is 0 Å². The molecule has 0 unspecified atom stereocenters. The highest BCUT2D eigenvalue weighted by Gasteiger charge is 2.20. The van der Waals surface area contributed by atoms with E-state index in [2.05, 4.69) is 14.8 Å². The number of amides is 1. The Labute approximate surface area is 141 Å². The largest absolute Gasteiger partial charge is 0.346 e. The highest BCUT2D eigenvalue weighted by atomic mass is 35.5. The average molecular weight is 363 g/mol. The standard InChI is InChI=1S/C12H15ClN4OS3/c1-4-17-6-7(13)8(15-17)5-14-10(18)9-11(19-2)16-21-12(9)20-3/h6H,4-5H2,1-3H3,(H,14,18). The number of hydrogen-bond donors (Lipinski definition) is 1. The molecule has 0 aliphatic heterocycles. The number of carbonyl (C=O) groups excluding carboxylic acids is 1. The lowest BCUT2D eigenvalue weighted by molar-refractivity contribution is 0.0945. The molecule has 0 aromatic carbocycles. The molecule has 0 fully saturated rings.